The number of nitrogens with zero attached hydrogens (tertiary/aromatic N) is 1. The van der Waals surface area contributed by atoms with Crippen LogP contribution in [0.25, 0.3) is 0 Å². The molecule has 0 amide bonds. The summed E-state index contributed by atoms with van der Waals surface area (Å²) in [4.78, 5) is 10.1. The van der Waals surface area contributed by atoms with E-state index < -0.39 is 14.9 Å². The molecule has 1 aromatic rings. The molecule has 0 spiro atoms. The van der Waals surface area contributed by atoms with E-state index >= 15 is 0 Å². The highest BCUT2D eigenvalue weighted by atomic mass is 32.2. The van der Waals surface area contributed by atoms with Crippen LogP contribution in [0.1, 0.15) is 12.8 Å². The first-order valence-electron chi connectivity index (χ1n) is 6.41. The van der Waals surface area contributed by atoms with Crippen LogP contribution in [0, 0.1) is 22.0 Å². The number of allylic oxidation sites excluding steroid dienone is 1. The molecule has 1 N–H and O–H groups in total. The molecule has 2 aliphatic rings. The molecule has 3 unspecified atom stereocenters. The second kappa shape index (κ2) is 4.68. The Bertz CT molecular complexity index is 666. The molecule has 2 bridgehead atoms. The highest BCUT2D eigenvalue weighted by Crippen LogP contribution is 2.39. The standard InChI is InChI=1S/C13H14N2O4S/c16-15(17)11-3-5-12(6-4-11)20(18,19)14-13-8-9-1-2-10(13)7-9/h1-6,9-10,13-14H,7-8H2. The lowest BCUT2D eigenvalue weighted by molar-refractivity contribution is -0.384. The van der Waals surface area contributed by atoms with Crippen LogP contribution >= 0.6 is 0 Å². The molecule has 2 aliphatic carbocycles. The first kappa shape index (κ1) is 13.3. The third-order valence-electron chi connectivity index (χ3n) is 3.94. The number of nitro benzene ring substituents is 1. The van der Waals surface area contributed by atoms with Crippen LogP contribution in [-0.2, 0) is 10.0 Å². The van der Waals surface area contributed by atoms with Gasteiger partial charge in [0.2, 0.25) is 10.0 Å². The van der Waals surface area contributed by atoms with E-state index in [1.54, 1.807) is 0 Å². The van der Waals surface area contributed by atoms with E-state index in [1.165, 1.54) is 24.3 Å². The Morgan fingerprint density at radius 2 is 1.85 bits per heavy atom. The number of fused-ring (bicyclic) bond motifs is 2. The van der Waals surface area contributed by atoms with Gasteiger partial charge in [-0.3, -0.25) is 10.1 Å². The van der Waals surface area contributed by atoms with Crippen LogP contribution in [0.3, 0.4) is 0 Å². The number of hydrogen-bond acceptors (Lipinski definition) is 4. The Kier molecular flexibility index (Phi) is 3.10. The number of nitro groups is 1. The molecule has 0 saturated heterocycles. The molecule has 0 aromatic heterocycles. The zero-order valence-electron chi connectivity index (χ0n) is 10.6. The van der Waals surface area contributed by atoms with Crippen molar-refractivity contribution in [2.24, 2.45) is 11.8 Å². The zero-order valence-corrected chi connectivity index (χ0v) is 11.4. The van der Waals surface area contributed by atoms with Gasteiger partial charge < -0.3 is 0 Å². The highest BCUT2D eigenvalue weighted by Gasteiger charge is 2.37. The van der Waals surface area contributed by atoms with Gasteiger partial charge in [0.1, 0.15) is 0 Å². The van der Waals surface area contributed by atoms with Crippen LogP contribution in [0.2, 0.25) is 0 Å². The normalized spacial score (nSPS) is 27.9. The molecule has 1 saturated carbocycles. The molecular weight excluding hydrogens is 280 g/mol. The zero-order chi connectivity index (χ0) is 14.3. The first-order valence-corrected chi connectivity index (χ1v) is 7.89. The van der Waals surface area contributed by atoms with Gasteiger partial charge in [0.25, 0.3) is 5.69 Å². The molecule has 0 radical (unpaired) electrons. The smallest absolute Gasteiger partial charge is 0.258 e. The van der Waals surface area contributed by atoms with Crippen LogP contribution in [-0.4, -0.2) is 19.4 Å². The monoisotopic (exact) mass is 294 g/mol. The summed E-state index contributed by atoms with van der Waals surface area (Å²) in [7, 11) is -3.62. The van der Waals surface area contributed by atoms with E-state index in [0.717, 1.165) is 12.8 Å². The molecule has 0 heterocycles. The van der Waals surface area contributed by atoms with Gasteiger partial charge in [-0.1, -0.05) is 12.2 Å². The average Bonchev–Trinajstić information content (AvgIpc) is 3.00. The lowest BCUT2D eigenvalue weighted by atomic mass is 10.0. The van der Waals surface area contributed by atoms with E-state index in [0.29, 0.717) is 5.92 Å². The van der Waals surface area contributed by atoms with Crippen LogP contribution in [0.15, 0.2) is 41.3 Å². The summed E-state index contributed by atoms with van der Waals surface area (Å²) < 4.78 is 27.2. The number of hydrogen-bond donors (Lipinski definition) is 1. The molecule has 3 rings (SSSR count). The fraction of sp³-hybridized carbons (Fsp3) is 0.385. The average molecular weight is 294 g/mol. The number of benzene rings is 1. The van der Waals surface area contributed by atoms with Gasteiger partial charge in [0, 0.05) is 18.2 Å². The Hall–Kier alpha value is -1.73. The van der Waals surface area contributed by atoms with Gasteiger partial charge in [-0.05, 0) is 36.8 Å². The minimum Gasteiger partial charge on any atom is -0.258 e. The number of sulfonamides is 1. The summed E-state index contributed by atoms with van der Waals surface area (Å²) in [6.07, 6.45) is 6.04. The fourth-order valence-corrected chi connectivity index (χ4v) is 4.23. The molecule has 106 valence electrons. The van der Waals surface area contributed by atoms with Crippen molar-refractivity contribution >= 4 is 15.7 Å². The molecule has 0 aliphatic heterocycles. The quantitative estimate of drug-likeness (QED) is 0.521. The largest absolute Gasteiger partial charge is 0.269 e. The molecule has 1 fully saturated rings. The van der Waals surface area contributed by atoms with Gasteiger partial charge in [0.05, 0.1) is 9.82 Å². The van der Waals surface area contributed by atoms with Crippen LogP contribution in [0.4, 0.5) is 5.69 Å². The minimum absolute atomic E-state index is 0.0646. The summed E-state index contributed by atoms with van der Waals surface area (Å²) >= 11 is 0. The second-order valence-corrected chi connectivity index (χ2v) is 6.97. The predicted octanol–water partition coefficient (Wildman–Crippen LogP) is 1.84. The third-order valence-corrected chi connectivity index (χ3v) is 5.45. The summed E-state index contributed by atoms with van der Waals surface area (Å²) in [5.41, 5.74) is -0.119. The van der Waals surface area contributed by atoms with Crippen molar-refractivity contribution in [1.29, 1.82) is 0 Å². The van der Waals surface area contributed by atoms with Gasteiger partial charge in [-0.15, -0.1) is 0 Å². The maximum atomic E-state index is 12.2. The van der Waals surface area contributed by atoms with Crippen molar-refractivity contribution in [2.45, 2.75) is 23.8 Å². The molecular formula is C13H14N2O4S. The summed E-state index contributed by atoms with van der Waals surface area (Å²) in [6, 6.07) is 4.88. The van der Waals surface area contributed by atoms with Crippen molar-refractivity contribution in [3.8, 4) is 0 Å². The van der Waals surface area contributed by atoms with E-state index in [-0.39, 0.29) is 22.5 Å². The topological polar surface area (TPSA) is 89.3 Å². The molecule has 20 heavy (non-hydrogen) atoms. The highest BCUT2D eigenvalue weighted by molar-refractivity contribution is 7.89. The Morgan fingerprint density at radius 1 is 1.15 bits per heavy atom. The summed E-state index contributed by atoms with van der Waals surface area (Å²) in [6.45, 7) is 0. The van der Waals surface area contributed by atoms with E-state index in [9.17, 15) is 18.5 Å². The Balaban J connectivity index is 1.78. The van der Waals surface area contributed by atoms with Gasteiger partial charge in [0.15, 0.2) is 0 Å². The summed E-state index contributed by atoms with van der Waals surface area (Å²) in [5, 5.41) is 10.6. The van der Waals surface area contributed by atoms with Gasteiger partial charge >= 0.3 is 0 Å². The first-order chi connectivity index (χ1) is 9.45. The van der Waals surface area contributed by atoms with Crippen molar-refractivity contribution < 1.29 is 13.3 Å². The van der Waals surface area contributed by atoms with Crippen LogP contribution < -0.4 is 4.72 Å². The number of non-ortho nitro benzene ring substituents is 1. The van der Waals surface area contributed by atoms with E-state index in [4.69, 9.17) is 0 Å². The van der Waals surface area contributed by atoms with Gasteiger partial charge in [-0.25, -0.2) is 13.1 Å². The third kappa shape index (κ3) is 2.34. The van der Waals surface area contributed by atoms with Crippen molar-refractivity contribution in [3.05, 3.63) is 46.5 Å². The van der Waals surface area contributed by atoms with E-state index in [2.05, 4.69) is 16.9 Å². The maximum Gasteiger partial charge on any atom is 0.269 e. The minimum atomic E-state index is -3.62. The second-order valence-electron chi connectivity index (χ2n) is 5.26. The van der Waals surface area contributed by atoms with Gasteiger partial charge in [-0.2, -0.15) is 0 Å². The number of nitrogens with one attached hydrogen (secondary N) is 1. The van der Waals surface area contributed by atoms with Crippen molar-refractivity contribution in [1.82, 2.24) is 4.72 Å². The number of rotatable bonds is 4. The molecule has 1 aromatic carbocycles. The lowest BCUT2D eigenvalue weighted by Gasteiger charge is -2.19. The molecule has 3 atom stereocenters. The van der Waals surface area contributed by atoms with Crippen molar-refractivity contribution in [3.63, 3.8) is 0 Å². The molecule has 7 heteroatoms. The fourth-order valence-electron chi connectivity index (χ4n) is 2.93. The molecule has 6 nitrogen and oxygen atoms in total. The van der Waals surface area contributed by atoms with Crippen LogP contribution in [0.5, 0.6) is 0 Å². The maximum absolute atomic E-state index is 12.2. The lowest BCUT2D eigenvalue weighted by Crippen LogP contribution is -2.37. The summed E-state index contributed by atoms with van der Waals surface area (Å²) in [5.74, 6) is 0.748. The Morgan fingerprint density at radius 3 is 2.35 bits per heavy atom. The SMILES string of the molecule is O=[N+]([O-])c1ccc(S(=O)(=O)NC2CC3C=CC2C3)cc1. The predicted molar refractivity (Wildman–Crippen MR) is 72.6 cm³/mol. The Labute approximate surface area is 116 Å². The van der Waals surface area contributed by atoms with E-state index in [1.807, 2.05) is 0 Å². The van der Waals surface area contributed by atoms with Crippen molar-refractivity contribution in [2.75, 3.05) is 0 Å².